The quantitative estimate of drug-likeness (QED) is 0.864. The number of alkyl halides is 3. The number of amides is 1. The third-order valence-electron chi connectivity index (χ3n) is 3.86. The van der Waals surface area contributed by atoms with Crippen molar-refractivity contribution in [1.29, 1.82) is 0 Å². The maximum atomic E-state index is 12.7. The Morgan fingerprint density at radius 3 is 2.62 bits per heavy atom. The maximum Gasteiger partial charge on any atom is 0.416 e. The summed E-state index contributed by atoms with van der Waals surface area (Å²) in [7, 11) is 0. The summed E-state index contributed by atoms with van der Waals surface area (Å²) in [5.41, 5.74) is 0.694. The molecule has 0 saturated carbocycles. The molecule has 1 aliphatic rings. The van der Waals surface area contributed by atoms with Crippen LogP contribution in [-0.4, -0.2) is 35.0 Å². The summed E-state index contributed by atoms with van der Waals surface area (Å²) in [5, 5.41) is 0. The van der Waals surface area contributed by atoms with Gasteiger partial charge in [-0.25, -0.2) is 4.98 Å². The summed E-state index contributed by atoms with van der Waals surface area (Å²) in [6.07, 6.45) is -3.73. The average Bonchev–Trinajstić information content (AvgIpc) is 2.50. The predicted octanol–water partition coefficient (Wildman–Crippen LogP) is 3.31. The lowest BCUT2D eigenvalue weighted by Crippen LogP contribution is -2.56. The Balaban J connectivity index is 1.60. The van der Waals surface area contributed by atoms with Crippen molar-refractivity contribution in [3.63, 3.8) is 0 Å². The first kappa shape index (κ1) is 16.3. The minimum absolute atomic E-state index is 0.0854. The number of rotatable bonds is 3. The van der Waals surface area contributed by atoms with Gasteiger partial charge >= 0.3 is 6.18 Å². The van der Waals surface area contributed by atoms with Crippen LogP contribution in [0, 0.1) is 6.92 Å². The first-order valence-corrected chi connectivity index (χ1v) is 7.39. The van der Waals surface area contributed by atoms with E-state index in [2.05, 4.69) is 4.98 Å². The normalized spacial score (nSPS) is 15.1. The number of hydrogen-bond acceptors (Lipinski definition) is 3. The predicted molar refractivity (Wildman–Crippen MR) is 80.7 cm³/mol. The van der Waals surface area contributed by atoms with E-state index in [9.17, 15) is 18.0 Å². The molecule has 126 valence electrons. The fraction of sp³-hybridized carbons (Fsp3) is 0.294. The van der Waals surface area contributed by atoms with Crippen LogP contribution in [0.5, 0.6) is 5.88 Å². The Morgan fingerprint density at radius 1 is 1.25 bits per heavy atom. The number of aryl methyl sites for hydroxylation is 1. The van der Waals surface area contributed by atoms with Crippen molar-refractivity contribution in [2.75, 3.05) is 13.1 Å². The molecule has 4 nitrogen and oxygen atoms in total. The van der Waals surface area contributed by atoms with E-state index in [4.69, 9.17) is 4.74 Å². The summed E-state index contributed by atoms with van der Waals surface area (Å²) in [6, 6.07) is 9.01. The standard InChI is InChI=1S/C17H15F3N2O2/c1-11-4-2-3-5-14(11)16(23)22-9-13(10-22)24-15-8-12(6-7-21-15)17(18,19)20/h2-8,13H,9-10H2,1H3. The number of pyridine rings is 1. The fourth-order valence-electron chi connectivity index (χ4n) is 2.48. The van der Waals surface area contributed by atoms with E-state index in [1.807, 2.05) is 19.1 Å². The molecule has 0 bridgehead atoms. The van der Waals surface area contributed by atoms with Crippen molar-refractivity contribution in [2.45, 2.75) is 19.2 Å². The lowest BCUT2D eigenvalue weighted by molar-refractivity contribution is -0.137. The van der Waals surface area contributed by atoms with Crippen LogP contribution in [0.25, 0.3) is 0 Å². The number of halogens is 3. The molecule has 1 aromatic heterocycles. The fourth-order valence-corrected chi connectivity index (χ4v) is 2.48. The van der Waals surface area contributed by atoms with Crippen LogP contribution >= 0.6 is 0 Å². The van der Waals surface area contributed by atoms with Gasteiger partial charge in [-0.15, -0.1) is 0 Å². The van der Waals surface area contributed by atoms with Gasteiger partial charge in [-0.3, -0.25) is 4.79 Å². The molecule has 2 aromatic rings. The summed E-state index contributed by atoms with van der Waals surface area (Å²) in [4.78, 5) is 17.7. The maximum absolute atomic E-state index is 12.7. The second kappa shape index (κ2) is 6.14. The van der Waals surface area contributed by atoms with Crippen LogP contribution in [0.1, 0.15) is 21.5 Å². The third kappa shape index (κ3) is 3.34. The molecule has 1 saturated heterocycles. The van der Waals surface area contributed by atoms with Crippen molar-refractivity contribution in [3.05, 3.63) is 59.3 Å². The van der Waals surface area contributed by atoms with Gasteiger partial charge in [-0.2, -0.15) is 13.2 Å². The van der Waals surface area contributed by atoms with E-state index in [-0.39, 0.29) is 17.9 Å². The number of aromatic nitrogens is 1. The number of carbonyl (C=O) groups is 1. The van der Waals surface area contributed by atoms with Crippen molar-refractivity contribution < 1.29 is 22.7 Å². The highest BCUT2D eigenvalue weighted by Gasteiger charge is 2.35. The smallest absolute Gasteiger partial charge is 0.416 e. The Bertz CT molecular complexity index is 755. The first-order chi connectivity index (χ1) is 11.3. The lowest BCUT2D eigenvalue weighted by atomic mass is 10.0. The van der Waals surface area contributed by atoms with E-state index in [1.54, 1.807) is 17.0 Å². The monoisotopic (exact) mass is 336 g/mol. The second-order valence-corrected chi connectivity index (χ2v) is 5.65. The zero-order chi connectivity index (χ0) is 17.3. The van der Waals surface area contributed by atoms with Gasteiger partial charge in [0.25, 0.3) is 5.91 Å². The van der Waals surface area contributed by atoms with Gasteiger partial charge in [-0.1, -0.05) is 18.2 Å². The zero-order valence-corrected chi connectivity index (χ0v) is 12.9. The molecule has 1 aliphatic heterocycles. The summed E-state index contributed by atoms with van der Waals surface area (Å²) >= 11 is 0. The highest BCUT2D eigenvalue weighted by Crippen LogP contribution is 2.31. The van der Waals surface area contributed by atoms with E-state index >= 15 is 0 Å². The second-order valence-electron chi connectivity index (χ2n) is 5.65. The van der Waals surface area contributed by atoms with E-state index in [0.29, 0.717) is 18.7 Å². The molecule has 2 heterocycles. The van der Waals surface area contributed by atoms with Crippen LogP contribution < -0.4 is 4.74 Å². The van der Waals surface area contributed by atoms with Crippen LogP contribution in [0.2, 0.25) is 0 Å². The number of carbonyl (C=O) groups excluding carboxylic acids is 1. The molecule has 1 amide bonds. The van der Waals surface area contributed by atoms with Crippen molar-refractivity contribution in [2.24, 2.45) is 0 Å². The SMILES string of the molecule is Cc1ccccc1C(=O)N1CC(Oc2cc(C(F)(F)F)ccn2)C1. The molecule has 1 fully saturated rings. The van der Waals surface area contributed by atoms with Gasteiger partial charge in [0.1, 0.15) is 6.10 Å². The highest BCUT2D eigenvalue weighted by molar-refractivity contribution is 5.96. The molecule has 1 aromatic carbocycles. The molecule has 0 atom stereocenters. The Morgan fingerprint density at radius 2 is 1.96 bits per heavy atom. The van der Waals surface area contributed by atoms with Crippen LogP contribution in [-0.2, 0) is 6.18 Å². The van der Waals surface area contributed by atoms with Gasteiger partial charge in [0, 0.05) is 17.8 Å². The lowest BCUT2D eigenvalue weighted by Gasteiger charge is -2.38. The molecule has 3 rings (SSSR count). The molecular formula is C17H15F3N2O2. The summed E-state index contributed by atoms with van der Waals surface area (Å²) < 4.78 is 43.4. The van der Waals surface area contributed by atoms with Crippen molar-refractivity contribution in [3.8, 4) is 5.88 Å². The zero-order valence-electron chi connectivity index (χ0n) is 12.9. The van der Waals surface area contributed by atoms with Crippen molar-refractivity contribution in [1.82, 2.24) is 9.88 Å². The molecule has 0 aliphatic carbocycles. The van der Waals surface area contributed by atoms with E-state index in [1.165, 1.54) is 0 Å². The van der Waals surface area contributed by atoms with Gasteiger partial charge in [0.2, 0.25) is 5.88 Å². The molecule has 24 heavy (non-hydrogen) atoms. The van der Waals surface area contributed by atoms with Gasteiger partial charge in [0.15, 0.2) is 0 Å². The van der Waals surface area contributed by atoms with Gasteiger partial charge in [0.05, 0.1) is 18.7 Å². The van der Waals surface area contributed by atoms with Crippen LogP contribution in [0.3, 0.4) is 0 Å². The Kier molecular flexibility index (Phi) is 4.17. The molecule has 7 heteroatoms. The number of benzene rings is 1. The molecule has 0 spiro atoms. The van der Waals surface area contributed by atoms with Crippen molar-refractivity contribution >= 4 is 5.91 Å². The first-order valence-electron chi connectivity index (χ1n) is 7.39. The number of likely N-dealkylation sites (tertiary alicyclic amines) is 1. The van der Waals surface area contributed by atoms with Crippen LogP contribution in [0.15, 0.2) is 42.6 Å². The third-order valence-corrected chi connectivity index (χ3v) is 3.86. The van der Waals surface area contributed by atoms with E-state index in [0.717, 1.165) is 23.9 Å². The molecule has 0 radical (unpaired) electrons. The van der Waals surface area contributed by atoms with Gasteiger partial charge in [-0.05, 0) is 24.6 Å². The minimum atomic E-state index is -4.44. The summed E-state index contributed by atoms with van der Waals surface area (Å²) in [6.45, 7) is 2.50. The number of nitrogens with zero attached hydrogens (tertiary/aromatic N) is 2. The average molecular weight is 336 g/mol. The molecule has 0 N–H and O–H groups in total. The minimum Gasteiger partial charge on any atom is -0.471 e. The number of hydrogen-bond donors (Lipinski definition) is 0. The molecule has 0 unspecified atom stereocenters. The van der Waals surface area contributed by atoms with E-state index < -0.39 is 11.7 Å². The highest BCUT2D eigenvalue weighted by atomic mass is 19.4. The largest absolute Gasteiger partial charge is 0.471 e. The Hall–Kier alpha value is -2.57. The Labute approximate surface area is 136 Å². The number of ether oxygens (including phenoxy) is 1. The molecular weight excluding hydrogens is 321 g/mol. The summed E-state index contributed by atoms with van der Waals surface area (Å²) in [5.74, 6) is -0.192. The van der Waals surface area contributed by atoms with Crippen LogP contribution in [0.4, 0.5) is 13.2 Å². The van der Waals surface area contributed by atoms with Gasteiger partial charge < -0.3 is 9.64 Å². The topological polar surface area (TPSA) is 42.4 Å².